The van der Waals surface area contributed by atoms with Gasteiger partial charge in [0.05, 0.1) is 24.2 Å². The van der Waals surface area contributed by atoms with Crippen LogP contribution in [0.3, 0.4) is 0 Å². The van der Waals surface area contributed by atoms with E-state index in [-0.39, 0.29) is 12.0 Å². The molecule has 1 heterocycles. The van der Waals surface area contributed by atoms with Crippen molar-refractivity contribution in [1.82, 2.24) is 0 Å². The van der Waals surface area contributed by atoms with Gasteiger partial charge in [0.2, 0.25) is 0 Å². The van der Waals surface area contributed by atoms with E-state index < -0.39 is 17.7 Å². The molecule has 4 heteroatoms. The van der Waals surface area contributed by atoms with Gasteiger partial charge in [0.15, 0.2) is 0 Å². The van der Waals surface area contributed by atoms with Gasteiger partial charge in [0, 0.05) is 6.42 Å². The van der Waals surface area contributed by atoms with Crippen molar-refractivity contribution in [2.45, 2.75) is 19.4 Å². The second-order valence-corrected chi connectivity index (χ2v) is 3.94. The van der Waals surface area contributed by atoms with Gasteiger partial charge in [0.1, 0.15) is 11.6 Å². The Morgan fingerprint density at radius 3 is 2.71 bits per heavy atom. The fourth-order valence-electron chi connectivity index (χ4n) is 1.72. The van der Waals surface area contributed by atoms with Gasteiger partial charge in [-0.05, 0) is 30.2 Å². The SMILES string of the molecule is Cc1ccc(F)c(C(O)Cc2ccoc2)c1F. The van der Waals surface area contributed by atoms with E-state index in [0.717, 1.165) is 6.07 Å². The van der Waals surface area contributed by atoms with E-state index in [4.69, 9.17) is 4.42 Å². The third-order valence-corrected chi connectivity index (χ3v) is 2.66. The first-order chi connectivity index (χ1) is 8.09. The van der Waals surface area contributed by atoms with Crippen LogP contribution in [0.1, 0.15) is 22.8 Å². The first-order valence-corrected chi connectivity index (χ1v) is 5.23. The van der Waals surface area contributed by atoms with Crippen molar-refractivity contribution >= 4 is 0 Å². The monoisotopic (exact) mass is 238 g/mol. The minimum absolute atomic E-state index is 0.119. The first kappa shape index (κ1) is 11.8. The Hall–Kier alpha value is -1.68. The van der Waals surface area contributed by atoms with E-state index in [0.29, 0.717) is 11.1 Å². The smallest absolute Gasteiger partial charge is 0.134 e. The summed E-state index contributed by atoms with van der Waals surface area (Å²) in [5, 5.41) is 9.86. The van der Waals surface area contributed by atoms with Gasteiger partial charge in [-0.3, -0.25) is 0 Å². The summed E-state index contributed by atoms with van der Waals surface area (Å²) in [4.78, 5) is 0. The lowest BCUT2D eigenvalue weighted by atomic mass is 10.00. The highest BCUT2D eigenvalue weighted by Crippen LogP contribution is 2.26. The lowest BCUT2D eigenvalue weighted by Crippen LogP contribution is -2.08. The van der Waals surface area contributed by atoms with Gasteiger partial charge in [-0.1, -0.05) is 6.07 Å². The van der Waals surface area contributed by atoms with E-state index in [1.807, 2.05) is 0 Å². The Kier molecular flexibility index (Phi) is 3.24. The molecular weight excluding hydrogens is 226 g/mol. The standard InChI is InChI=1S/C13H12F2O2/c1-8-2-3-10(14)12(13(8)15)11(16)6-9-4-5-17-7-9/h2-5,7,11,16H,6H2,1H3. The zero-order chi connectivity index (χ0) is 12.4. The number of benzene rings is 1. The molecular formula is C13H12F2O2. The lowest BCUT2D eigenvalue weighted by molar-refractivity contribution is 0.168. The van der Waals surface area contributed by atoms with E-state index in [1.165, 1.54) is 25.5 Å². The van der Waals surface area contributed by atoms with Crippen LogP contribution >= 0.6 is 0 Å². The molecule has 0 spiro atoms. The Bertz CT molecular complexity index is 506. The summed E-state index contributed by atoms with van der Waals surface area (Å²) in [5.41, 5.74) is 0.719. The fourth-order valence-corrected chi connectivity index (χ4v) is 1.72. The second kappa shape index (κ2) is 4.67. The summed E-state index contributed by atoms with van der Waals surface area (Å²) < 4.78 is 32.0. The lowest BCUT2D eigenvalue weighted by Gasteiger charge is -2.13. The van der Waals surface area contributed by atoms with Gasteiger partial charge < -0.3 is 9.52 Å². The summed E-state index contributed by atoms with van der Waals surface area (Å²) in [6.07, 6.45) is 1.79. The van der Waals surface area contributed by atoms with Gasteiger partial charge in [-0.2, -0.15) is 0 Å². The molecule has 0 fully saturated rings. The number of aliphatic hydroxyl groups is 1. The quantitative estimate of drug-likeness (QED) is 0.891. The van der Waals surface area contributed by atoms with Gasteiger partial charge >= 0.3 is 0 Å². The highest BCUT2D eigenvalue weighted by atomic mass is 19.1. The molecule has 0 aliphatic heterocycles. The molecule has 2 rings (SSSR count). The number of aryl methyl sites for hydroxylation is 1. The zero-order valence-corrected chi connectivity index (χ0v) is 9.28. The van der Waals surface area contributed by atoms with E-state index in [2.05, 4.69) is 0 Å². The zero-order valence-electron chi connectivity index (χ0n) is 9.28. The molecule has 0 aliphatic rings. The van der Waals surface area contributed by atoms with Crippen molar-refractivity contribution in [3.63, 3.8) is 0 Å². The van der Waals surface area contributed by atoms with Crippen LogP contribution in [-0.4, -0.2) is 5.11 Å². The highest BCUT2D eigenvalue weighted by molar-refractivity contribution is 5.29. The minimum Gasteiger partial charge on any atom is -0.472 e. The maximum absolute atomic E-state index is 13.7. The number of aliphatic hydroxyl groups excluding tert-OH is 1. The number of rotatable bonds is 3. The molecule has 1 atom stereocenters. The Balaban J connectivity index is 2.30. The maximum Gasteiger partial charge on any atom is 0.134 e. The Labute approximate surface area is 97.5 Å². The molecule has 0 aliphatic carbocycles. The van der Waals surface area contributed by atoms with E-state index in [9.17, 15) is 13.9 Å². The second-order valence-electron chi connectivity index (χ2n) is 3.94. The molecule has 17 heavy (non-hydrogen) atoms. The van der Waals surface area contributed by atoms with Crippen LogP contribution in [0.25, 0.3) is 0 Å². The number of hydrogen-bond acceptors (Lipinski definition) is 2. The molecule has 90 valence electrons. The molecule has 0 bridgehead atoms. The topological polar surface area (TPSA) is 33.4 Å². The van der Waals surface area contributed by atoms with E-state index >= 15 is 0 Å². The van der Waals surface area contributed by atoms with Crippen molar-refractivity contribution < 1.29 is 18.3 Å². The largest absolute Gasteiger partial charge is 0.472 e. The number of furan rings is 1. The molecule has 2 nitrogen and oxygen atoms in total. The summed E-state index contributed by atoms with van der Waals surface area (Å²) in [7, 11) is 0. The van der Waals surface area contributed by atoms with Gasteiger partial charge in [-0.25, -0.2) is 8.78 Å². The summed E-state index contributed by atoms with van der Waals surface area (Å²) in [6, 6.07) is 4.15. The van der Waals surface area contributed by atoms with Gasteiger partial charge in [-0.15, -0.1) is 0 Å². The van der Waals surface area contributed by atoms with Crippen molar-refractivity contribution in [3.05, 3.63) is 59.1 Å². The van der Waals surface area contributed by atoms with Crippen LogP contribution in [0, 0.1) is 18.6 Å². The van der Waals surface area contributed by atoms with Crippen LogP contribution < -0.4 is 0 Å². The molecule has 1 unspecified atom stereocenters. The first-order valence-electron chi connectivity index (χ1n) is 5.23. The highest BCUT2D eigenvalue weighted by Gasteiger charge is 2.20. The molecule has 0 radical (unpaired) electrons. The van der Waals surface area contributed by atoms with Crippen LogP contribution in [0.2, 0.25) is 0 Å². The van der Waals surface area contributed by atoms with Crippen molar-refractivity contribution in [2.75, 3.05) is 0 Å². The molecule has 2 aromatic rings. The van der Waals surface area contributed by atoms with Crippen LogP contribution in [0.5, 0.6) is 0 Å². The summed E-state index contributed by atoms with van der Waals surface area (Å²) >= 11 is 0. The molecule has 1 aromatic carbocycles. The molecule has 0 saturated heterocycles. The van der Waals surface area contributed by atoms with Crippen LogP contribution in [0.4, 0.5) is 8.78 Å². The maximum atomic E-state index is 13.7. The average molecular weight is 238 g/mol. The predicted octanol–water partition coefficient (Wildman–Crippen LogP) is 3.14. The molecule has 0 amide bonds. The molecule has 1 aromatic heterocycles. The fraction of sp³-hybridized carbons (Fsp3) is 0.231. The molecule has 1 N–H and O–H groups in total. The third-order valence-electron chi connectivity index (χ3n) is 2.66. The summed E-state index contributed by atoms with van der Waals surface area (Å²) in [6.45, 7) is 1.53. The van der Waals surface area contributed by atoms with Crippen molar-refractivity contribution in [1.29, 1.82) is 0 Å². The van der Waals surface area contributed by atoms with Crippen LogP contribution in [0.15, 0.2) is 35.1 Å². The van der Waals surface area contributed by atoms with Crippen LogP contribution in [-0.2, 0) is 6.42 Å². The Morgan fingerprint density at radius 2 is 2.06 bits per heavy atom. The van der Waals surface area contributed by atoms with E-state index in [1.54, 1.807) is 6.07 Å². The molecule has 0 saturated carbocycles. The van der Waals surface area contributed by atoms with Gasteiger partial charge in [0.25, 0.3) is 0 Å². The number of hydrogen-bond donors (Lipinski definition) is 1. The predicted molar refractivity (Wildman–Crippen MR) is 58.5 cm³/mol. The minimum atomic E-state index is -1.22. The Morgan fingerprint density at radius 1 is 1.29 bits per heavy atom. The number of halogens is 2. The van der Waals surface area contributed by atoms with Crippen molar-refractivity contribution in [3.8, 4) is 0 Å². The van der Waals surface area contributed by atoms with Crippen molar-refractivity contribution in [2.24, 2.45) is 0 Å². The third kappa shape index (κ3) is 2.36. The average Bonchev–Trinajstić information content (AvgIpc) is 2.77. The summed E-state index contributed by atoms with van der Waals surface area (Å²) in [5.74, 6) is -1.43. The normalized spacial score (nSPS) is 12.7.